The second-order valence-electron chi connectivity index (χ2n) is 7.66. The molecule has 4 unspecified atom stereocenters. The van der Waals surface area contributed by atoms with Crippen LogP contribution in [0.25, 0.3) is 0 Å². The van der Waals surface area contributed by atoms with Crippen LogP contribution in [0.1, 0.15) is 65.2 Å². The highest BCUT2D eigenvalue weighted by Crippen LogP contribution is 2.53. The summed E-state index contributed by atoms with van der Waals surface area (Å²) in [5.74, 6) is 9.51. The lowest BCUT2D eigenvalue weighted by Gasteiger charge is -2.48. The van der Waals surface area contributed by atoms with Crippen LogP contribution in [0.5, 0.6) is 0 Å². The molecule has 0 aromatic heterocycles. The average Bonchev–Trinajstić information content (AvgIpc) is 3.06. The number of nitrogens with two attached hydrogens (primary N) is 1. The Labute approximate surface area is 124 Å². The number of nitrogens with one attached hydrogen (secondary N) is 1. The van der Waals surface area contributed by atoms with Crippen molar-refractivity contribution < 1.29 is 4.74 Å². The molecule has 2 bridgehead atoms. The zero-order chi connectivity index (χ0) is 14.2. The fraction of sp³-hybridized carbons (Fsp3) is 1.00. The summed E-state index contributed by atoms with van der Waals surface area (Å²) in [6, 6.07) is 0.366. The van der Waals surface area contributed by atoms with Crippen molar-refractivity contribution in [2.45, 2.75) is 76.9 Å². The highest BCUT2D eigenvalue weighted by Gasteiger charge is 2.51. The maximum absolute atomic E-state index is 6.35. The lowest BCUT2D eigenvalue weighted by Crippen LogP contribution is -2.60. The lowest BCUT2D eigenvalue weighted by atomic mass is 9.68. The molecule has 3 heteroatoms. The molecular weight excluding hydrogens is 248 g/mol. The first-order valence-corrected chi connectivity index (χ1v) is 8.78. The molecule has 116 valence electrons. The number of hydrogen-bond acceptors (Lipinski definition) is 3. The molecule has 3 rings (SSSR count). The fourth-order valence-electron chi connectivity index (χ4n) is 5.45. The molecule has 0 aromatic carbocycles. The van der Waals surface area contributed by atoms with Crippen molar-refractivity contribution in [3.05, 3.63) is 0 Å². The van der Waals surface area contributed by atoms with Gasteiger partial charge < -0.3 is 4.74 Å². The monoisotopic (exact) mass is 280 g/mol. The summed E-state index contributed by atoms with van der Waals surface area (Å²) in [4.78, 5) is 0. The maximum Gasteiger partial charge on any atom is 0.0851 e. The van der Waals surface area contributed by atoms with Crippen LogP contribution in [0.3, 0.4) is 0 Å². The van der Waals surface area contributed by atoms with E-state index in [2.05, 4.69) is 19.3 Å². The zero-order valence-electron chi connectivity index (χ0n) is 13.2. The summed E-state index contributed by atoms with van der Waals surface area (Å²) in [7, 11) is 0. The van der Waals surface area contributed by atoms with Gasteiger partial charge in [0.05, 0.1) is 11.6 Å². The van der Waals surface area contributed by atoms with Crippen LogP contribution in [0, 0.1) is 23.7 Å². The third-order valence-corrected chi connectivity index (χ3v) is 6.52. The van der Waals surface area contributed by atoms with E-state index in [4.69, 9.17) is 10.6 Å². The van der Waals surface area contributed by atoms with Crippen molar-refractivity contribution in [2.24, 2.45) is 29.5 Å². The minimum atomic E-state index is 0.00512. The highest BCUT2D eigenvalue weighted by atomic mass is 16.5. The molecule has 3 N–H and O–H groups in total. The molecule has 0 saturated heterocycles. The van der Waals surface area contributed by atoms with E-state index >= 15 is 0 Å². The van der Waals surface area contributed by atoms with E-state index in [0.29, 0.717) is 6.04 Å². The largest absolute Gasteiger partial charge is 0.374 e. The molecule has 3 aliphatic rings. The van der Waals surface area contributed by atoms with Crippen LogP contribution in [0.4, 0.5) is 0 Å². The van der Waals surface area contributed by atoms with Crippen LogP contribution < -0.4 is 11.3 Å². The predicted octanol–water partition coefficient (Wildman–Crippen LogP) is 3.24. The van der Waals surface area contributed by atoms with Gasteiger partial charge in [0.1, 0.15) is 0 Å². The van der Waals surface area contributed by atoms with E-state index < -0.39 is 0 Å². The van der Waals surface area contributed by atoms with Gasteiger partial charge in [-0.15, -0.1) is 0 Å². The summed E-state index contributed by atoms with van der Waals surface area (Å²) < 4.78 is 6.35. The van der Waals surface area contributed by atoms with Crippen LogP contribution in [-0.2, 0) is 4.74 Å². The Kier molecular flexibility index (Phi) is 4.40. The Bertz CT molecular complexity index is 325. The Balaban J connectivity index is 1.77. The van der Waals surface area contributed by atoms with Crippen molar-refractivity contribution in [1.82, 2.24) is 5.43 Å². The second-order valence-corrected chi connectivity index (χ2v) is 7.66. The van der Waals surface area contributed by atoms with Crippen molar-refractivity contribution >= 4 is 0 Å². The molecule has 0 spiro atoms. The van der Waals surface area contributed by atoms with E-state index in [0.717, 1.165) is 30.3 Å². The molecule has 3 fully saturated rings. The fourth-order valence-corrected chi connectivity index (χ4v) is 5.45. The van der Waals surface area contributed by atoms with E-state index in [1.807, 2.05) is 0 Å². The Morgan fingerprint density at radius 1 is 1.20 bits per heavy atom. The van der Waals surface area contributed by atoms with Gasteiger partial charge in [-0.25, -0.2) is 0 Å². The van der Waals surface area contributed by atoms with E-state index in [-0.39, 0.29) is 5.60 Å². The van der Waals surface area contributed by atoms with Gasteiger partial charge in [0.15, 0.2) is 0 Å². The van der Waals surface area contributed by atoms with Gasteiger partial charge in [-0.05, 0) is 75.5 Å². The Morgan fingerprint density at radius 2 is 1.95 bits per heavy atom. The standard InChI is InChI=1S/C17H32N2O/c1-3-20-17(8-6-12(2)7-9-17)16(19-18)15-11-13-4-5-14(15)10-13/h12-16,19H,3-11,18H2,1-2H3. The van der Waals surface area contributed by atoms with Gasteiger partial charge in [-0.2, -0.15) is 0 Å². The molecule has 0 heterocycles. The molecule has 4 atom stereocenters. The summed E-state index contributed by atoms with van der Waals surface area (Å²) in [5.41, 5.74) is 3.22. The first-order chi connectivity index (χ1) is 9.68. The van der Waals surface area contributed by atoms with E-state index in [1.165, 1.54) is 51.4 Å². The van der Waals surface area contributed by atoms with Gasteiger partial charge in [-0.1, -0.05) is 13.3 Å². The third-order valence-electron chi connectivity index (χ3n) is 6.52. The first-order valence-electron chi connectivity index (χ1n) is 8.78. The molecule has 20 heavy (non-hydrogen) atoms. The first kappa shape index (κ1) is 14.8. The zero-order valence-corrected chi connectivity index (χ0v) is 13.2. The van der Waals surface area contributed by atoms with E-state index in [1.54, 1.807) is 0 Å². The molecular formula is C17H32N2O. The van der Waals surface area contributed by atoms with Crippen molar-refractivity contribution in [1.29, 1.82) is 0 Å². The predicted molar refractivity (Wildman–Crippen MR) is 82.0 cm³/mol. The summed E-state index contributed by atoms with van der Waals surface area (Å²) >= 11 is 0. The minimum absolute atomic E-state index is 0.00512. The number of ether oxygens (including phenoxy) is 1. The van der Waals surface area contributed by atoms with Crippen LogP contribution in [0.15, 0.2) is 0 Å². The lowest BCUT2D eigenvalue weighted by molar-refractivity contribution is -0.113. The highest BCUT2D eigenvalue weighted by molar-refractivity contribution is 5.04. The van der Waals surface area contributed by atoms with Crippen molar-refractivity contribution in [3.63, 3.8) is 0 Å². The summed E-state index contributed by atoms with van der Waals surface area (Å²) in [6.07, 6.45) is 10.7. The van der Waals surface area contributed by atoms with E-state index in [9.17, 15) is 0 Å². The SMILES string of the molecule is CCOC1(C(NN)C2CC3CCC2C3)CCC(C)CC1. The van der Waals surface area contributed by atoms with Gasteiger partial charge in [-0.3, -0.25) is 11.3 Å². The Hall–Kier alpha value is -0.120. The number of hydrogen-bond donors (Lipinski definition) is 2. The van der Waals surface area contributed by atoms with Crippen LogP contribution in [0.2, 0.25) is 0 Å². The Morgan fingerprint density at radius 3 is 2.45 bits per heavy atom. The number of fused-ring (bicyclic) bond motifs is 2. The molecule has 0 amide bonds. The average molecular weight is 280 g/mol. The summed E-state index contributed by atoms with van der Waals surface area (Å²) in [6.45, 7) is 5.32. The normalized spacial score (nSPS) is 45.8. The van der Waals surface area contributed by atoms with Crippen LogP contribution >= 0.6 is 0 Å². The second kappa shape index (κ2) is 5.94. The molecule has 0 aromatic rings. The maximum atomic E-state index is 6.35. The molecule has 3 saturated carbocycles. The van der Waals surface area contributed by atoms with Crippen LogP contribution in [-0.4, -0.2) is 18.2 Å². The molecule has 3 nitrogen and oxygen atoms in total. The van der Waals surface area contributed by atoms with Gasteiger partial charge in [0.2, 0.25) is 0 Å². The smallest absolute Gasteiger partial charge is 0.0851 e. The van der Waals surface area contributed by atoms with Crippen molar-refractivity contribution in [2.75, 3.05) is 6.61 Å². The van der Waals surface area contributed by atoms with Gasteiger partial charge >= 0.3 is 0 Å². The van der Waals surface area contributed by atoms with Gasteiger partial charge in [0.25, 0.3) is 0 Å². The number of hydrazine groups is 1. The van der Waals surface area contributed by atoms with Gasteiger partial charge in [0, 0.05) is 6.61 Å². The quantitative estimate of drug-likeness (QED) is 0.600. The topological polar surface area (TPSA) is 47.3 Å². The molecule has 3 aliphatic carbocycles. The molecule has 0 radical (unpaired) electrons. The minimum Gasteiger partial charge on any atom is -0.374 e. The summed E-state index contributed by atoms with van der Waals surface area (Å²) in [5, 5.41) is 0. The third kappa shape index (κ3) is 2.53. The van der Waals surface area contributed by atoms with Crippen molar-refractivity contribution in [3.8, 4) is 0 Å². The molecule has 0 aliphatic heterocycles. The number of rotatable bonds is 5.